The molecule has 0 spiro atoms. The summed E-state index contributed by atoms with van der Waals surface area (Å²) in [5.41, 5.74) is 0. The molecular formula is C12H16O5S. The molecule has 6 heteroatoms. The molecule has 0 aromatic heterocycles. The number of Topliss-reactive ketones (excluding diaryl/α,β-unsaturated/α-hetero) is 1. The summed E-state index contributed by atoms with van der Waals surface area (Å²) in [5.74, 6) is -0.365. The van der Waals surface area contributed by atoms with Gasteiger partial charge in [0.1, 0.15) is 17.3 Å². The van der Waals surface area contributed by atoms with Crippen LogP contribution in [0.15, 0.2) is 29.2 Å². The minimum absolute atomic E-state index is 0.107. The first kappa shape index (κ1) is 14.7. The van der Waals surface area contributed by atoms with Gasteiger partial charge in [0.2, 0.25) is 0 Å². The fraction of sp³-hybridized carbons (Fsp3) is 0.417. The van der Waals surface area contributed by atoms with Gasteiger partial charge in [-0.1, -0.05) is 0 Å². The van der Waals surface area contributed by atoms with Crippen molar-refractivity contribution in [1.82, 2.24) is 0 Å². The molecule has 5 nitrogen and oxygen atoms in total. The Labute approximate surface area is 107 Å². The molecular weight excluding hydrogens is 256 g/mol. The Morgan fingerprint density at radius 1 is 1.28 bits per heavy atom. The van der Waals surface area contributed by atoms with E-state index in [1.54, 1.807) is 6.92 Å². The van der Waals surface area contributed by atoms with E-state index in [9.17, 15) is 13.2 Å². The molecule has 1 aromatic rings. The smallest absolute Gasteiger partial charge is 0.196 e. The zero-order chi connectivity index (χ0) is 13.8. The van der Waals surface area contributed by atoms with Crippen LogP contribution in [0.1, 0.15) is 13.8 Å². The highest BCUT2D eigenvalue weighted by Crippen LogP contribution is 2.18. The number of ether oxygens (including phenoxy) is 2. The van der Waals surface area contributed by atoms with Crippen LogP contribution in [0.25, 0.3) is 0 Å². The van der Waals surface area contributed by atoms with E-state index in [-0.39, 0.29) is 10.7 Å². The number of sulfone groups is 1. The molecule has 0 saturated heterocycles. The first-order valence-electron chi connectivity index (χ1n) is 5.37. The Bertz CT molecular complexity index is 504. The number of carbonyl (C=O) groups excluding carboxylic acids is 1. The molecule has 1 rings (SSSR count). The van der Waals surface area contributed by atoms with E-state index in [1.165, 1.54) is 38.3 Å². The van der Waals surface area contributed by atoms with E-state index in [2.05, 4.69) is 0 Å². The van der Waals surface area contributed by atoms with Crippen LogP contribution in [-0.2, 0) is 19.4 Å². The minimum Gasteiger partial charge on any atom is -0.465 e. The van der Waals surface area contributed by atoms with Gasteiger partial charge >= 0.3 is 0 Å². The number of benzene rings is 1. The van der Waals surface area contributed by atoms with Gasteiger partial charge in [-0.3, -0.25) is 4.79 Å². The molecule has 0 aliphatic carbocycles. The third-order valence-corrected chi connectivity index (χ3v) is 3.99. The number of carbonyl (C=O) groups is 1. The van der Waals surface area contributed by atoms with Crippen LogP contribution in [0.2, 0.25) is 0 Å². The Morgan fingerprint density at radius 3 is 2.28 bits per heavy atom. The average molecular weight is 272 g/mol. The second-order valence-corrected chi connectivity index (χ2v) is 5.84. The van der Waals surface area contributed by atoms with Crippen molar-refractivity contribution in [3.05, 3.63) is 24.3 Å². The van der Waals surface area contributed by atoms with E-state index in [4.69, 9.17) is 9.47 Å². The van der Waals surface area contributed by atoms with Crippen molar-refractivity contribution in [3.63, 3.8) is 0 Å². The summed E-state index contributed by atoms with van der Waals surface area (Å²) in [6.07, 6.45) is -0.412. The van der Waals surface area contributed by atoms with Crippen molar-refractivity contribution in [2.24, 2.45) is 0 Å². The maximum absolute atomic E-state index is 11.7. The second kappa shape index (κ2) is 5.97. The second-order valence-electron chi connectivity index (χ2n) is 3.85. The molecule has 0 heterocycles. The van der Waals surface area contributed by atoms with Gasteiger partial charge in [0.05, 0.1) is 4.90 Å². The van der Waals surface area contributed by atoms with Gasteiger partial charge in [0.25, 0.3) is 0 Å². The van der Waals surface area contributed by atoms with Gasteiger partial charge in [-0.25, -0.2) is 8.42 Å². The molecule has 0 amide bonds. The number of hydrogen-bond acceptors (Lipinski definition) is 5. The van der Waals surface area contributed by atoms with Gasteiger partial charge in [-0.05, 0) is 38.1 Å². The van der Waals surface area contributed by atoms with Crippen LogP contribution in [-0.4, -0.2) is 33.4 Å². The van der Waals surface area contributed by atoms with Gasteiger partial charge < -0.3 is 9.47 Å². The lowest BCUT2D eigenvalue weighted by Gasteiger charge is -2.12. The molecule has 18 heavy (non-hydrogen) atoms. The molecule has 1 unspecified atom stereocenters. The molecule has 1 aromatic carbocycles. The van der Waals surface area contributed by atoms with Crippen LogP contribution in [0.5, 0.6) is 5.75 Å². The highest BCUT2D eigenvalue weighted by Gasteiger charge is 2.16. The van der Waals surface area contributed by atoms with Crippen LogP contribution in [0, 0.1) is 0 Å². The minimum atomic E-state index is -3.55. The van der Waals surface area contributed by atoms with Crippen LogP contribution in [0.4, 0.5) is 0 Å². The summed E-state index contributed by atoms with van der Waals surface area (Å²) in [6, 6.07) is 5.89. The molecule has 0 aliphatic heterocycles. The molecule has 100 valence electrons. The van der Waals surface area contributed by atoms with Crippen LogP contribution < -0.4 is 4.74 Å². The number of hydrogen-bond donors (Lipinski definition) is 0. The molecule has 1 atom stereocenters. The summed E-state index contributed by atoms with van der Waals surface area (Å²) in [4.78, 5) is 11.0. The molecule has 0 saturated carbocycles. The highest BCUT2D eigenvalue weighted by atomic mass is 32.2. The van der Waals surface area contributed by atoms with Gasteiger partial charge in [-0.2, -0.15) is 0 Å². The Hall–Kier alpha value is -1.40. The maximum atomic E-state index is 11.7. The van der Waals surface area contributed by atoms with Crippen molar-refractivity contribution in [3.8, 4) is 5.75 Å². The Balaban J connectivity index is 2.86. The number of ketones is 1. The van der Waals surface area contributed by atoms with E-state index in [0.717, 1.165) is 0 Å². The predicted molar refractivity (Wildman–Crippen MR) is 66.3 cm³/mol. The fourth-order valence-electron chi connectivity index (χ4n) is 1.32. The summed E-state index contributed by atoms with van der Waals surface area (Å²) in [7, 11) is -2.04. The predicted octanol–water partition coefficient (Wildman–Crippen LogP) is 1.42. The Morgan fingerprint density at radius 2 is 1.83 bits per heavy atom. The summed E-state index contributed by atoms with van der Waals surface area (Å²) >= 11 is 0. The van der Waals surface area contributed by atoms with Gasteiger partial charge in [0.15, 0.2) is 16.1 Å². The first-order valence-corrected chi connectivity index (χ1v) is 7.02. The highest BCUT2D eigenvalue weighted by molar-refractivity contribution is 7.92. The Kier molecular flexibility index (Phi) is 4.86. The average Bonchev–Trinajstić information content (AvgIpc) is 2.28. The first-order chi connectivity index (χ1) is 8.35. The lowest BCUT2D eigenvalue weighted by atomic mass is 10.3. The van der Waals surface area contributed by atoms with E-state index in [1.807, 2.05) is 0 Å². The van der Waals surface area contributed by atoms with Crippen molar-refractivity contribution in [2.75, 3.05) is 12.9 Å². The number of rotatable bonds is 6. The lowest BCUT2D eigenvalue weighted by molar-refractivity contribution is -0.114. The van der Waals surface area contributed by atoms with Crippen LogP contribution in [0.3, 0.4) is 0 Å². The monoisotopic (exact) mass is 272 g/mol. The molecule has 0 N–H and O–H groups in total. The zero-order valence-electron chi connectivity index (χ0n) is 10.5. The molecule has 0 bridgehead atoms. The summed E-state index contributed by atoms with van der Waals surface area (Å²) in [5, 5.41) is 0. The van der Waals surface area contributed by atoms with Crippen molar-refractivity contribution >= 4 is 15.6 Å². The van der Waals surface area contributed by atoms with Gasteiger partial charge in [0, 0.05) is 7.11 Å². The normalized spacial score (nSPS) is 13.1. The third kappa shape index (κ3) is 4.12. The fourth-order valence-corrected chi connectivity index (χ4v) is 2.57. The van der Waals surface area contributed by atoms with E-state index in [0.29, 0.717) is 5.75 Å². The molecule has 0 aliphatic rings. The quantitative estimate of drug-likeness (QED) is 0.732. The van der Waals surface area contributed by atoms with Crippen LogP contribution >= 0.6 is 0 Å². The summed E-state index contributed by atoms with van der Waals surface area (Å²) in [6.45, 7) is 2.97. The van der Waals surface area contributed by atoms with E-state index < -0.39 is 21.9 Å². The third-order valence-electron chi connectivity index (χ3n) is 2.21. The summed E-state index contributed by atoms with van der Waals surface area (Å²) < 4.78 is 33.7. The zero-order valence-corrected chi connectivity index (χ0v) is 11.4. The SMILES string of the molecule is COC(C)Oc1ccc(S(=O)(=O)CC(C)=O)cc1. The topological polar surface area (TPSA) is 69.7 Å². The largest absolute Gasteiger partial charge is 0.465 e. The number of methoxy groups -OCH3 is 1. The lowest BCUT2D eigenvalue weighted by Crippen LogP contribution is -2.14. The molecule has 0 fully saturated rings. The van der Waals surface area contributed by atoms with Crippen molar-refractivity contribution < 1.29 is 22.7 Å². The maximum Gasteiger partial charge on any atom is 0.196 e. The van der Waals surface area contributed by atoms with Crippen molar-refractivity contribution in [2.45, 2.75) is 25.0 Å². The van der Waals surface area contributed by atoms with E-state index >= 15 is 0 Å². The van der Waals surface area contributed by atoms with Crippen molar-refractivity contribution in [1.29, 1.82) is 0 Å². The standard InChI is InChI=1S/C12H16O5S/c1-9(13)8-18(14,15)12-6-4-11(5-7-12)17-10(2)16-3/h4-7,10H,8H2,1-3H3. The van der Waals surface area contributed by atoms with Gasteiger partial charge in [-0.15, -0.1) is 0 Å². The molecule has 0 radical (unpaired) electrons.